The monoisotopic (exact) mass is 225 g/mol. The van der Waals surface area contributed by atoms with E-state index in [0.717, 1.165) is 19.3 Å². The summed E-state index contributed by atoms with van der Waals surface area (Å²) >= 11 is 0. The number of aliphatic hydroxyl groups is 1. The van der Waals surface area contributed by atoms with Gasteiger partial charge in [-0.05, 0) is 19.3 Å². The molecule has 4 nitrogen and oxygen atoms in total. The molecule has 2 unspecified atom stereocenters. The van der Waals surface area contributed by atoms with Gasteiger partial charge in [0.15, 0.2) is 0 Å². The summed E-state index contributed by atoms with van der Waals surface area (Å²) in [5, 5.41) is 9.22. The van der Waals surface area contributed by atoms with Crippen LogP contribution in [0.25, 0.3) is 0 Å². The van der Waals surface area contributed by atoms with Crippen LogP contribution in [0.5, 0.6) is 0 Å². The summed E-state index contributed by atoms with van der Waals surface area (Å²) in [6.07, 6.45) is 6.98. The molecule has 1 aliphatic carbocycles. The zero-order chi connectivity index (χ0) is 11.4. The molecule has 2 atom stereocenters. The van der Waals surface area contributed by atoms with Crippen molar-refractivity contribution in [2.75, 3.05) is 26.4 Å². The fourth-order valence-electron chi connectivity index (χ4n) is 2.35. The van der Waals surface area contributed by atoms with Crippen molar-refractivity contribution >= 4 is 5.91 Å². The Bertz CT molecular complexity index is 277. The molecule has 1 aliphatic heterocycles. The smallest absolute Gasteiger partial charge is 0.226 e. The maximum atomic E-state index is 12.2. The van der Waals surface area contributed by atoms with E-state index in [1.165, 1.54) is 0 Å². The predicted octanol–water partition coefficient (Wildman–Crippen LogP) is 0.562. The van der Waals surface area contributed by atoms with Crippen molar-refractivity contribution in [3.05, 3.63) is 12.2 Å². The highest BCUT2D eigenvalue weighted by atomic mass is 16.5. The van der Waals surface area contributed by atoms with Crippen molar-refractivity contribution in [1.29, 1.82) is 0 Å². The van der Waals surface area contributed by atoms with Crippen LogP contribution in [-0.4, -0.2) is 48.3 Å². The third-order valence-corrected chi connectivity index (χ3v) is 3.34. The molecule has 0 aromatic carbocycles. The van der Waals surface area contributed by atoms with Gasteiger partial charge in [0.25, 0.3) is 0 Å². The van der Waals surface area contributed by atoms with E-state index in [2.05, 4.69) is 12.2 Å². The maximum Gasteiger partial charge on any atom is 0.226 e. The molecule has 1 amide bonds. The van der Waals surface area contributed by atoms with Crippen LogP contribution in [0.4, 0.5) is 0 Å². The van der Waals surface area contributed by atoms with E-state index in [4.69, 9.17) is 4.74 Å². The molecule has 0 saturated carbocycles. The SMILES string of the molecule is O=C(C1CC=CCC1)N1CCOCC1CO. The molecular formula is C12H19NO3. The normalized spacial score (nSPS) is 30.4. The summed E-state index contributed by atoms with van der Waals surface area (Å²) in [6, 6.07) is -0.146. The topological polar surface area (TPSA) is 49.8 Å². The largest absolute Gasteiger partial charge is 0.394 e. The lowest BCUT2D eigenvalue weighted by Crippen LogP contribution is -2.52. The van der Waals surface area contributed by atoms with Crippen LogP contribution in [0.1, 0.15) is 19.3 Å². The van der Waals surface area contributed by atoms with E-state index in [1.54, 1.807) is 4.90 Å². The lowest BCUT2D eigenvalue weighted by Gasteiger charge is -2.37. The number of nitrogens with zero attached hydrogens (tertiary/aromatic N) is 1. The molecular weight excluding hydrogens is 206 g/mol. The summed E-state index contributed by atoms with van der Waals surface area (Å²) in [5.41, 5.74) is 0. The number of carbonyl (C=O) groups is 1. The van der Waals surface area contributed by atoms with Gasteiger partial charge in [0, 0.05) is 12.5 Å². The standard InChI is InChI=1S/C12H19NO3/c14-8-11-9-16-7-6-13(11)12(15)10-4-2-1-3-5-10/h1-2,10-11,14H,3-9H2. The summed E-state index contributed by atoms with van der Waals surface area (Å²) in [7, 11) is 0. The number of carbonyl (C=O) groups excluding carboxylic acids is 1. The van der Waals surface area contributed by atoms with Crippen LogP contribution >= 0.6 is 0 Å². The first-order valence-corrected chi connectivity index (χ1v) is 5.97. The Morgan fingerprint density at radius 2 is 2.38 bits per heavy atom. The third kappa shape index (κ3) is 2.44. The molecule has 2 aliphatic rings. The minimum absolute atomic E-state index is 0.00566. The molecule has 0 radical (unpaired) electrons. The van der Waals surface area contributed by atoms with E-state index in [0.29, 0.717) is 19.8 Å². The Hall–Kier alpha value is -0.870. The molecule has 1 saturated heterocycles. The average molecular weight is 225 g/mol. The molecule has 0 aromatic heterocycles. The van der Waals surface area contributed by atoms with Gasteiger partial charge in [-0.2, -0.15) is 0 Å². The second-order valence-electron chi connectivity index (χ2n) is 4.42. The number of rotatable bonds is 2. The van der Waals surface area contributed by atoms with Gasteiger partial charge in [0.05, 0.1) is 25.9 Å². The van der Waals surface area contributed by atoms with Crippen molar-refractivity contribution in [3.63, 3.8) is 0 Å². The molecule has 90 valence electrons. The van der Waals surface area contributed by atoms with Gasteiger partial charge in [-0.15, -0.1) is 0 Å². The van der Waals surface area contributed by atoms with Crippen LogP contribution in [0.3, 0.4) is 0 Å². The first-order chi connectivity index (χ1) is 7.83. The van der Waals surface area contributed by atoms with E-state index < -0.39 is 0 Å². The van der Waals surface area contributed by atoms with Crippen LogP contribution < -0.4 is 0 Å². The fraction of sp³-hybridized carbons (Fsp3) is 0.750. The number of allylic oxidation sites excluding steroid dienone is 2. The average Bonchev–Trinajstić information content (AvgIpc) is 2.39. The zero-order valence-corrected chi connectivity index (χ0v) is 9.47. The summed E-state index contributed by atoms with van der Waals surface area (Å²) < 4.78 is 5.27. The molecule has 1 N–H and O–H groups in total. The van der Waals surface area contributed by atoms with Gasteiger partial charge in [0.1, 0.15) is 0 Å². The van der Waals surface area contributed by atoms with E-state index >= 15 is 0 Å². The third-order valence-electron chi connectivity index (χ3n) is 3.34. The fourth-order valence-corrected chi connectivity index (χ4v) is 2.35. The summed E-state index contributed by atoms with van der Waals surface area (Å²) in [5.74, 6) is 0.295. The number of morpholine rings is 1. The molecule has 4 heteroatoms. The van der Waals surface area contributed by atoms with Crippen molar-refractivity contribution in [2.45, 2.75) is 25.3 Å². The van der Waals surface area contributed by atoms with Gasteiger partial charge < -0.3 is 14.7 Å². The Morgan fingerprint density at radius 3 is 3.06 bits per heavy atom. The quantitative estimate of drug-likeness (QED) is 0.699. The number of aliphatic hydroxyl groups excluding tert-OH is 1. The molecule has 16 heavy (non-hydrogen) atoms. The first kappa shape index (κ1) is 11.6. The summed E-state index contributed by atoms with van der Waals surface area (Å²) in [6.45, 7) is 1.66. The molecule has 0 spiro atoms. The number of hydrogen-bond donors (Lipinski definition) is 1. The minimum atomic E-state index is -0.146. The lowest BCUT2D eigenvalue weighted by molar-refractivity contribution is -0.146. The van der Waals surface area contributed by atoms with Gasteiger partial charge in [-0.1, -0.05) is 12.2 Å². The van der Waals surface area contributed by atoms with E-state index in [-0.39, 0.29) is 24.5 Å². The van der Waals surface area contributed by atoms with Crippen molar-refractivity contribution in [2.24, 2.45) is 5.92 Å². The Morgan fingerprint density at radius 1 is 1.50 bits per heavy atom. The van der Waals surface area contributed by atoms with Gasteiger partial charge in [-0.25, -0.2) is 0 Å². The molecule has 1 heterocycles. The molecule has 0 aromatic rings. The second kappa shape index (κ2) is 5.46. The van der Waals surface area contributed by atoms with Crippen molar-refractivity contribution in [3.8, 4) is 0 Å². The molecule has 1 fully saturated rings. The number of ether oxygens (including phenoxy) is 1. The summed E-state index contributed by atoms with van der Waals surface area (Å²) in [4.78, 5) is 14.0. The molecule has 0 bridgehead atoms. The predicted molar refractivity (Wildman–Crippen MR) is 59.9 cm³/mol. The van der Waals surface area contributed by atoms with Gasteiger partial charge >= 0.3 is 0 Å². The molecule has 2 rings (SSSR count). The Balaban J connectivity index is 1.98. The Labute approximate surface area is 95.9 Å². The van der Waals surface area contributed by atoms with Crippen LogP contribution in [0, 0.1) is 5.92 Å². The van der Waals surface area contributed by atoms with Gasteiger partial charge in [0.2, 0.25) is 5.91 Å². The van der Waals surface area contributed by atoms with Crippen LogP contribution in [0.15, 0.2) is 12.2 Å². The Kier molecular flexibility index (Phi) is 3.96. The minimum Gasteiger partial charge on any atom is -0.394 e. The van der Waals surface area contributed by atoms with Crippen molar-refractivity contribution in [1.82, 2.24) is 4.90 Å². The highest BCUT2D eigenvalue weighted by Gasteiger charge is 2.31. The first-order valence-electron chi connectivity index (χ1n) is 5.97. The van der Waals surface area contributed by atoms with Gasteiger partial charge in [-0.3, -0.25) is 4.79 Å². The zero-order valence-electron chi connectivity index (χ0n) is 9.47. The number of hydrogen-bond acceptors (Lipinski definition) is 3. The van der Waals surface area contributed by atoms with Crippen molar-refractivity contribution < 1.29 is 14.6 Å². The van der Waals surface area contributed by atoms with E-state index in [9.17, 15) is 9.90 Å². The number of amides is 1. The van der Waals surface area contributed by atoms with Crippen LogP contribution in [0.2, 0.25) is 0 Å². The lowest BCUT2D eigenvalue weighted by atomic mass is 9.92. The van der Waals surface area contributed by atoms with Crippen LogP contribution in [-0.2, 0) is 9.53 Å². The highest BCUT2D eigenvalue weighted by molar-refractivity contribution is 5.79. The second-order valence-corrected chi connectivity index (χ2v) is 4.42. The van der Waals surface area contributed by atoms with E-state index in [1.807, 2.05) is 0 Å². The highest BCUT2D eigenvalue weighted by Crippen LogP contribution is 2.22. The maximum absolute atomic E-state index is 12.2.